The first-order valence-electron chi connectivity index (χ1n) is 15.1. The Morgan fingerprint density at radius 1 is 1.13 bits per heavy atom. The number of anilines is 4. The van der Waals surface area contributed by atoms with E-state index >= 15 is 0 Å². The fraction of sp³-hybridized carbons (Fsp3) is 0.294. The number of oxazole rings is 1. The number of nitrogens with zero attached hydrogens (tertiary/aromatic N) is 6. The highest BCUT2D eigenvalue weighted by molar-refractivity contribution is 6.02. The number of carbonyl (C=O) groups is 1. The lowest BCUT2D eigenvalue weighted by Gasteiger charge is -2.25. The summed E-state index contributed by atoms with van der Waals surface area (Å²) >= 11 is 0. The molecule has 45 heavy (non-hydrogen) atoms. The van der Waals surface area contributed by atoms with Gasteiger partial charge in [-0.15, -0.1) is 0 Å². The van der Waals surface area contributed by atoms with E-state index in [-0.39, 0.29) is 5.91 Å². The van der Waals surface area contributed by atoms with Gasteiger partial charge in [0.15, 0.2) is 0 Å². The van der Waals surface area contributed by atoms with Gasteiger partial charge in [-0.05, 0) is 51.6 Å². The molecular weight excluding hydrogens is 568 g/mol. The Morgan fingerprint density at radius 3 is 2.69 bits per heavy atom. The van der Waals surface area contributed by atoms with Gasteiger partial charge < -0.3 is 34.2 Å². The van der Waals surface area contributed by atoms with Crippen molar-refractivity contribution in [2.75, 3.05) is 49.8 Å². The molecule has 1 saturated heterocycles. The molecule has 1 saturated carbocycles. The van der Waals surface area contributed by atoms with E-state index in [2.05, 4.69) is 80.0 Å². The molecule has 2 aliphatic rings. The molecule has 2 N–H and O–H groups in total. The predicted molar refractivity (Wildman–Crippen MR) is 176 cm³/mol. The number of hydrogen-bond acceptors (Lipinski definition) is 9. The standard InChI is InChI=1S/C34H36N8O3/c1-5-31(43)37-26-16-27(30(44-4)17-29(26)41-14-12-22(19-41)40(2)3)38-34-36-18-24(33-35-13-15-45-33)32(39-34)25-20-42(21-10-11-21)28-9-7-6-8-23(25)28/h5-9,13,15-18,20-22H,1,10-12,14,19H2,2-4H3,(H,37,43)(H,36,38,39)/t22-/m1/s1. The van der Waals surface area contributed by atoms with Crippen LogP contribution in [0, 0.1) is 0 Å². The molecular formula is C34H36N8O3. The topological polar surface area (TPSA) is 114 Å². The first-order valence-corrected chi connectivity index (χ1v) is 15.1. The molecule has 11 heteroatoms. The minimum atomic E-state index is -0.295. The molecule has 3 aromatic heterocycles. The first-order chi connectivity index (χ1) is 21.9. The lowest BCUT2D eigenvalue weighted by Crippen LogP contribution is -2.31. The number of para-hydroxylation sites is 1. The third-order valence-electron chi connectivity index (χ3n) is 8.63. The normalized spacial score (nSPS) is 16.4. The Kier molecular flexibility index (Phi) is 7.46. The van der Waals surface area contributed by atoms with Crippen molar-refractivity contribution in [2.45, 2.75) is 31.3 Å². The molecule has 2 fully saturated rings. The molecule has 7 rings (SSSR count). The van der Waals surface area contributed by atoms with Crippen molar-refractivity contribution >= 4 is 39.8 Å². The largest absolute Gasteiger partial charge is 0.494 e. The molecule has 0 bridgehead atoms. The Labute approximate surface area is 261 Å². The van der Waals surface area contributed by atoms with E-state index in [4.69, 9.17) is 14.1 Å². The molecule has 230 valence electrons. The number of hydrogen-bond donors (Lipinski definition) is 2. The van der Waals surface area contributed by atoms with Gasteiger partial charge in [0.05, 0.1) is 41.6 Å². The van der Waals surface area contributed by atoms with Crippen molar-refractivity contribution in [1.82, 2.24) is 24.4 Å². The van der Waals surface area contributed by atoms with E-state index in [1.165, 1.54) is 11.6 Å². The third kappa shape index (κ3) is 5.51. The lowest BCUT2D eigenvalue weighted by molar-refractivity contribution is -0.111. The summed E-state index contributed by atoms with van der Waals surface area (Å²) in [4.78, 5) is 31.1. The quantitative estimate of drug-likeness (QED) is 0.182. The van der Waals surface area contributed by atoms with E-state index in [1.807, 2.05) is 18.2 Å². The highest BCUT2D eigenvalue weighted by Crippen LogP contribution is 2.44. The maximum Gasteiger partial charge on any atom is 0.247 e. The minimum Gasteiger partial charge on any atom is -0.494 e. The number of benzene rings is 2. The summed E-state index contributed by atoms with van der Waals surface area (Å²) in [6.45, 7) is 5.34. The smallest absolute Gasteiger partial charge is 0.247 e. The van der Waals surface area contributed by atoms with E-state index < -0.39 is 0 Å². The minimum absolute atomic E-state index is 0.295. The highest BCUT2D eigenvalue weighted by Gasteiger charge is 2.29. The molecule has 0 spiro atoms. The number of amides is 1. The number of nitrogens with one attached hydrogen (secondary N) is 2. The van der Waals surface area contributed by atoms with Crippen molar-refractivity contribution in [2.24, 2.45) is 0 Å². The van der Waals surface area contributed by atoms with Gasteiger partial charge in [0, 0.05) is 60.1 Å². The molecule has 0 unspecified atom stereocenters. The fourth-order valence-electron chi connectivity index (χ4n) is 6.09. The summed E-state index contributed by atoms with van der Waals surface area (Å²) in [5.74, 6) is 1.11. The van der Waals surface area contributed by atoms with Crippen molar-refractivity contribution in [3.8, 4) is 28.5 Å². The van der Waals surface area contributed by atoms with Gasteiger partial charge in [0.25, 0.3) is 0 Å². The number of likely N-dealkylation sites (N-methyl/N-ethyl adjacent to an activating group) is 1. The Hall–Kier alpha value is -5.16. The van der Waals surface area contributed by atoms with E-state index in [9.17, 15) is 4.79 Å². The van der Waals surface area contributed by atoms with Crippen molar-refractivity contribution < 1.29 is 13.9 Å². The number of ether oxygens (including phenoxy) is 1. The number of methoxy groups -OCH3 is 1. The maximum atomic E-state index is 12.5. The van der Waals surface area contributed by atoms with E-state index in [0.717, 1.165) is 49.0 Å². The van der Waals surface area contributed by atoms with Crippen LogP contribution in [0.3, 0.4) is 0 Å². The van der Waals surface area contributed by atoms with Crippen LogP contribution >= 0.6 is 0 Å². The SMILES string of the molecule is C=CC(=O)Nc1cc(Nc2ncc(-c3ncco3)c(-c3cn(C4CC4)c4ccccc34)n2)c(OC)cc1N1CC[C@@H](N(C)C)C1. The molecule has 1 aliphatic carbocycles. The molecule has 5 aromatic rings. The van der Waals surface area contributed by atoms with Crippen molar-refractivity contribution in [1.29, 1.82) is 0 Å². The molecule has 0 radical (unpaired) electrons. The second-order valence-electron chi connectivity index (χ2n) is 11.7. The van der Waals surface area contributed by atoms with Crippen LogP contribution in [0.15, 0.2) is 78.3 Å². The van der Waals surface area contributed by atoms with Crippen LogP contribution in [0.2, 0.25) is 0 Å². The summed E-state index contributed by atoms with van der Waals surface area (Å²) in [5, 5.41) is 7.45. The summed E-state index contributed by atoms with van der Waals surface area (Å²) in [5.41, 5.74) is 5.67. The number of rotatable bonds is 10. The third-order valence-corrected chi connectivity index (χ3v) is 8.63. The number of fused-ring (bicyclic) bond motifs is 1. The Bertz CT molecular complexity index is 1880. The zero-order chi connectivity index (χ0) is 31.1. The zero-order valence-corrected chi connectivity index (χ0v) is 25.7. The average Bonchev–Trinajstić information content (AvgIpc) is 3.42. The van der Waals surface area contributed by atoms with Crippen LogP contribution in [0.4, 0.5) is 23.0 Å². The van der Waals surface area contributed by atoms with Crippen molar-refractivity contribution in [3.63, 3.8) is 0 Å². The van der Waals surface area contributed by atoms with E-state index in [0.29, 0.717) is 52.3 Å². The summed E-state index contributed by atoms with van der Waals surface area (Å²) in [6, 6.07) is 13.1. The van der Waals surface area contributed by atoms with E-state index in [1.54, 1.807) is 25.8 Å². The number of carbonyl (C=O) groups excluding carboxylic acids is 1. The van der Waals surface area contributed by atoms with Gasteiger partial charge in [-0.3, -0.25) is 4.79 Å². The van der Waals surface area contributed by atoms with Gasteiger partial charge in [0.1, 0.15) is 12.0 Å². The Morgan fingerprint density at radius 2 is 1.98 bits per heavy atom. The molecule has 2 aromatic carbocycles. The summed E-state index contributed by atoms with van der Waals surface area (Å²) < 4.78 is 13.9. The molecule has 4 heterocycles. The van der Waals surface area contributed by atoms with Crippen LogP contribution in [-0.4, -0.2) is 70.7 Å². The average molecular weight is 605 g/mol. The van der Waals surface area contributed by atoms with Gasteiger partial charge in [-0.2, -0.15) is 0 Å². The molecule has 11 nitrogen and oxygen atoms in total. The Balaban J connectivity index is 1.31. The highest BCUT2D eigenvalue weighted by atomic mass is 16.5. The maximum absolute atomic E-state index is 12.5. The summed E-state index contributed by atoms with van der Waals surface area (Å²) in [7, 11) is 5.81. The summed E-state index contributed by atoms with van der Waals surface area (Å²) in [6.07, 6.45) is 11.7. The lowest BCUT2D eigenvalue weighted by atomic mass is 10.1. The molecule has 1 aliphatic heterocycles. The molecule has 1 atom stereocenters. The van der Waals surface area contributed by atoms with Crippen LogP contribution < -0.4 is 20.3 Å². The van der Waals surface area contributed by atoms with Crippen LogP contribution in [0.1, 0.15) is 25.3 Å². The number of aromatic nitrogens is 4. The van der Waals surface area contributed by atoms with Crippen LogP contribution in [0.25, 0.3) is 33.6 Å². The van der Waals surface area contributed by atoms with Crippen LogP contribution in [0.5, 0.6) is 5.75 Å². The van der Waals surface area contributed by atoms with Crippen molar-refractivity contribution in [3.05, 3.63) is 73.9 Å². The van der Waals surface area contributed by atoms with Crippen LogP contribution in [-0.2, 0) is 4.79 Å². The fourth-order valence-corrected chi connectivity index (χ4v) is 6.09. The first kappa shape index (κ1) is 28.6. The van der Waals surface area contributed by atoms with Gasteiger partial charge in [0.2, 0.25) is 17.7 Å². The van der Waals surface area contributed by atoms with Gasteiger partial charge >= 0.3 is 0 Å². The zero-order valence-electron chi connectivity index (χ0n) is 25.7. The van der Waals surface area contributed by atoms with Gasteiger partial charge in [-0.1, -0.05) is 24.8 Å². The van der Waals surface area contributed by atoms with Gasteiger partial charge in [-0.25, -0.2) is 15.0 Å². The molecule has 1 amide bonds. The monoisotopic (exact) mass is 604 g/mol. The second kappa shape index (κ2) is 11.7. The predicted octanol–water partition coefficient (Wildman–Crippen LogP) is 6.11. The second-order valence-corrected chi connectivity index (χ2v) is 11.7.